The first-order chi connectivity index (χ1) is 13.7. The predicted molar refractivity (Wildman–Crippen MR) is 116 cm³/mol. The molecule has 0 saturated carbocycles. The molecule has 0 bridgehead atoms. The Morgan fingerprint density at radius 3 is 2.38 bits per heavy atom. The van der Waals surface area contributed by atoms with E-state index in [0.29, 0.717) is 22.2 Å². The summed E-state index contributed by atoms with van der Waals surface area (Å²) in [6.45, 7) is 3.90. The minimum atomic E-state index is -3.35. The number of carbonyl (C=O) groups is 1. The molecule has 0 saturated heterocycles. The molecule has 0 aliphatic rings. The van der Waals surface area contributed by atoms with Crippen LogP contribution in [0.1, 0.15) is 29.8 Å². The Morgan fingerprint density at radius 1 is 1.14 bits per heavy atom. The van der Waals surface area contributed by atoms with Gasteiger partial charge in [0.25, 0.3) is 0 Å². The Hall–Kier alpha value is -2.65. The van der Waals surface area contributed by atoms with E-state index in [-0.39, 0.29) is 5.78 Å². The molecule has 1 heterocycles. The number of H-pyrrole nitrogens is 1. The van der Waals surface area contributed by atoms with Crippen LogP contribution in [0.2, 0.25) is 0 Å². The van der Waals surface area contributed by atoms with Crippen molar-refractivity contribution in [3.8, 4) is 11.4 Å². The molecule has 3 rings (SSSR count). The highest BCUT2D eigenvalue weighted by Crippen LogP contribution is 2.25. The number of aryl methyl sites for hydroxylation is 1. The zero-order valence-electron chi connectivity index (χ0n) is 16.3. The monoisotopic (exact) mass is 430 g/mol. The van der Waals surface area contributed by atoms with E-state index in [2.05, 4.69) is 39.0 Å². The lowest BCUT2D eigenvalue weighted by Gasteiger charge is -2.09. The van der Waals surface area contributed by atoms with Gasteiger partial charge in [-0.15, -0.1) is 5.10 Å². The number of anilines is 1. The number of benzene rings is 2. The first kappa shape index (κ1) is 21.1. The molecular weight excluding hydrogens is 408 g/mol. The number of carbonyl (C=O) groups excluding carboxylic acids is 1. The van der Waals surface area contributed by atoms with Gasteiger partial charge in [0.2, 0.25) is 15.2 Å². The number of thioether (sulfide) groups is 1. The van der Waals surface area contributed by atoms with E-state index in [1.807, 2.05) is 12.1 Å². The van der Waals surface area contributed by atoms with E-state index >= 15 is 0 Å². The molecule has 0 aliphatic heterocycles. The van der Waals surface area contributed by atoms with Crippen molar-refractivity contribution in [3.05, 3.63) is 59.7 Å². The minimum Gasteiger partial charge on any atom is -0.293 e. The molecule has 1 atom stereocenters. The standard InChI is InChI=1S/C20H22N4O3S2/c1-4-14-5-7-16(8-6-14)19-21-20(23-22-19)28-13(2)18(25)15-9-11-17(12-10-15)24-29(3,26)27/h5-13,24H,4H2,1-3H3,(H,21,22,23). The molecule has 0 aliphatic carbocycles. The lowest BCUT2D eigenvalue weighted by atomic mass is 10.1. The molecule has 0 spiro atoms. The van der Waals surface area contributed by atoms with Gasteiger partial charge in [0.05, 0.1) is 11.5 Å². The zero-order chi connectivity index (χ0) is 21.0. The van der Waals surface area contributed by atoms with E-state index in [4.69, 9.17) is 0 Å². The molecule has 0 radical (unpaired) electrons. The molecule has 7 nitrogen and oxygen atoms in total. The molecule has 29 heavy (non-hydrogen) atoms. The van der Waals surface area contributed by atoms with Gasteiger partial charge in [0, 0.05) is 16.8 Å². The third-order valence-electron chi connectivity index (χ3n) is 4.22. The van der Waals surface area contributed by atoms with E-state index < -0.39 is 15.3 Å². The van der Waals surface area contributed by atoms with Crippen LogP contribution >= 0.6 is 11.8 Å². The van der Waals surface area contributed by atoms with Gasteiger partial charge >= 0.3 is 0 Å². The molecule has 1 aromatic heterocycles. The van der Waals surface area contributed by atoms with Crippen LogP contribution in [0.5, 0.6) is 0 Å². The smallest absolute Gasteiger partial charge is 0.229 e. The highest BCUT2D eigenvalue weighted by molar-refractivity contribution is 8.00. The first-order valence-electron chi connectivity index (χ1n) is 9.05. The summed E-state index contributed by atoms with van der Waals surface area (Å²) in [6, 6.07) is 14.4. The summed E-state index contributed by atoms with van der Waals surface area (Å²) in [5, 5.41) is 7.22. The average molecular weight is 431 g/mol. The molecule has 9 heteroatoms. The maximum atomic E-state index is 12.7. The molecule has 3 aromatic rings. The quantitative estimate of drug-likeness (QED) is 0.416. The Labute approximate surface area is 174 Å². The van der Waals surface area contributed by atoms with Crippen molar-refractivity contribution in [2.45, 2.75) is 30.7 Å². The lowest BCUT2D eigenvalue weighted by Crippen LogP contribution is -2.14. The van der Waals surface area contributed by atoms with E-state index in [1.165, 1.54) is 17.3 Å². The first-order valence-corrected chi connectivity index (χ1v) is 11.8. The number of sulfonamides is 1. The minimum absolute atomic E-state index is 0.0837. The normalized spacial score (nSPS) is 12.5. The second-order valence-electron chi connectivity index (χ2n) is 6.59. The Bertz CT molecular complexity index is 1090. The topological polar surface area (TPSA) is 105 Å². The van der Waals surface area contributed by atoms with Gasteiger partial charge in [0.1, 0.15) is 0 Å². The number of nitrogens with zero attached hydrogens (tertiary/aromatic N) is 2. The highest BCUT2D eigenvalue weighted by Gasteiger charge is 2.19. The maximum Gasteiger partial charge on any atom is 0.229 e. The van der Waals surface area contributed by atoms with Gasteiger partial charge in [-0.05, 0) is 43.2 Å². The molecule has 2 aromatic carbocycles. The fraction of sp³-hybridized carbons (Fsp3) is 0.250. The van der Waals surface area contributed by atoms with Crippen molar-refractivity contribution < 1.29 is 13.2 Å². The third kappa shape index (κ3) is 5.68. The number of hydrogen-bond acceptors (Lipinski definition) is 6. The molecule has 0 amide bonds. The van der Waals surface area contributed by atoms with Crippen LogP contribution in [-0.4, -0.2) is 40.9 Å². The third-order valence-corrected chi connectivity index (χ3v) is 5.79. The van der Waals surface area contributed by atoms with Crippen LogP contribution in [0.15, 0.2) is 53.7 Å². The van der Waals surface area contributed by atoms with Gasteiger partial charge in [-0.25, -0.2) is 13.4 Å². The van der Waals surface area contributed by atoms with Crippen molar-refractivity contribution in [1.29, 1.82) is 0 Å². The Morgan fingerprint density at radius 2 is 1.79 bits per heavy atom. The number of hydrogen-bond donors (Lipinski definition) is 2. The van der Waals surface area contributed by atoms with Crippen LogP contribution < -0.4 is 4.72 Å². The summed E-state index contributed by atoms with van der Waals surface area (Å²) in [4.78, 5) is 17.1. The second-order valence-corrected chi connectivity index (χ2v) is 9.65. The van der Waals surface area contributed by atoms with Crippen molar-refractivity contribution in [1.82, 2.24) is 15.2 Å². The van der Waals surface area contributed by atoms with E-state index in [9.17, 15) is 13.2 Å². The number of Topliss-reactive ketones (excluding diaryl/α,β-unsaturated/α-hetero) is 1. The number of nitrogens with one attached hydrogen (secondary N) is 2. The number of aromatic amines is 1. The summed E-state index contributed by atoms with van der Waals surface area (Å²) >= 11 is 1.27. The zero-order valence-corrected chi connectivity index (χ0v) is 18.0. The summed E-state index contributed by atoms with van der Waals surface area (Å²) in [6.07, 6.45) is 2.05. The van der Waals surface area contributed by atoms with Crippen LogP contribution in [0.25, 0.3) is 11.4 Å². The molecule has 0 fully saturated rings. The number of ketones is 1. The number of rotatable bonds is 8. The van der Waals surface area contributed by atoms with E-state index in [1.54, 1.807) is 31.2 Å². The van der Waals surface area contributed by atoms with Crippen molar-refractivity contribution in [3.63, 3.8) is 0 Å². The Kier molecular flexibility index (Phi) is 6.39. The lowest BCUT2D eigenvalue weighted by molar-refractivity contribution is 0.0994. The average Bonchev–Trinajstić information content (AvgIpc) is 3.15. The molecule has 2 N–H and O–H groups in total. The Balaban J connectivity index is 1.66. The van der Waals surface area contributed by atoms with Gasteiger partial charge in [0.15, 0.2) is 11.6 Å². The SMILES string of the molecule is CCc1ccc(-c2nc(SC(C)C(=O)c3ccc(NS(C)(=O)=O)cc3)n[nH]2)cc1. The van der Waals surface area contributed by atoms with Gasteiger partial charge < -0.3 is 0 Å². The van der Waals surface area contributed by atoms with Crippen LogP contribution in [0.3, 0.4) is 0 Å². The van der Waals surface area contributed by atoms with Crippen molar-refractivity contribution >= 4 is 33.3 Å². The van der Waals surface area contributed by atoms with Crippen molar-refractivity contribution in [2.24, 2.45) is 0 Å². The largest absolute Gasteiger partial charge is 0.293 e. The van der Waals surface area contributed by atoms with Gasteiger partial charge in [-0.1, -0.05) is 43.0 Å². The molecule has 152 valence electrons. The summed E-state index contributed by atoms with van der Waals surface area (Å²) in [5.41, 5.74) is 3.10. The van der Waals surface area contributed by atoms with Gasteiger partial charge in [-0.2, -0.15) is 0 Å². The summed E-state index contributed by atoms with van der Waals surface area (Å²) < 4.78 is 24.9. The van der Waals surface area contributed by atoms with Crippen LogP contribution in [0.4, 0.5) is 5.69 Å². The molecular formula is C20H22N4O3S2. The predicted octanol–water partition coefficient (Wildman–Crippen LogP) is 3.77. The molecule has 1 unspecified atom stereocenters. The summed E-state index contributed by atoms with van der Waals surface area (Å²) in [5.74, 6) is 0.575. The van der Waals surface area contributed by atoms with Crippen LogP contribution in [0, 0.1) is 0 Å². The van der Waals surface area contributed by atoms with E-state index in [0.717, 1.165) is 18.2 Å². The van der Waals surface area contributed by atoms with Gasteiger partial charge in [-0.3, -0.25) is 14.6 Å². The second kappa shape index (κ2) is 8.79. The summed E-state index contributed by atoms with van der Waals surface area (Å²) in [7, 11) is -3.35. The number of aromatic nitrogens is 3. The van der Waals surface area contributed by atoms with Crippen LogP contribution in [-0.2, 0) is 16.4 Å². The maximum absolute atomic E-state index is 12.7. The van der Waals surface area contributed by atoms with Crippen molar-refractivity contribution in [2.75, 3.05) is 11.0 Å². The fourth-order valence-electron chi connectivity index (χ4n) is 2.69. The fourth-order valence-corrected chi connectivity index (χ4v) is 4.06. The highest BCUT2D eigenvalue weighted by atomic mass is 32.2.